The highest BCUT2D eigenvalue weighted by molar-refractivity contribution is 5.68. The lowest BCUT2D eigenvalue weighted by molar-refractivity contribution is 0.0517. The average molecular weight is 212 g/mol. The maximum absolute atomic E-state index is 11.5. The van der Waals surface area contributed by atoms with Gasteiger partial charge in [0.1, 0.15) is 5.60 Å². The second-order valence-electron chi connectivity index (χ2n) is 5.69. The molecule has 2 N–H and O–H groups in total. The van der Waals surface area contributed by atoms with Crippen LogP contribution in [0.3, 0.4) is 0 Å². The molecule has 4 heteroatoms. The molecule has 86 valence electrons. The van der Waals surface area contributed by atoms with Crippen molar-refractivity contribution in [2.24, 2.45) is 5.41 Å². The number of carbonyl (C=O) groups excluding carboxylic acids is 1. The molecule has 1 unspecified atom stereocenters. The summed E-state index contributed by atoms with van der Waals surface area (Å²) in [6.45, 7) is 7.76. The van der Waals surface area contributed by atoms with Crippen LogP contribution in [-0.2, 0) is 4.74 Å². The molecule has 2 aliphatic rings. The van der Waals surface area contributed by atoms with E-state index in [2.05, 4.69) is 10.6 Å². The zero-order valence-corrected chi connectivity index (χ0v) is 9.72. The molecule has 4 nitrogen and oxygen atoms in total. The van der Waals surface area contributed by atoms with Gasteiger partial charge in [-0.2, -0.15) is 0 Å². The highest BCUT2D eigenvalue weighted by atomic mass is 16.6. The molecule has 0 aromatic rings. The Balaban J connectivity index is 1.77. The van der Waals surface area contributed by atoms with Gasteiger partial charge in [0.05, 0.1) is 0 Å². The minimum absolute atomic E-state index is 0.281. The molecule has 1 aliphatic heterocycles. The Morgan fingerprint density at radius 2 is 2.27 bits per heavy atom. The van der Waals surface area contributed by atoms with E-state index in [1.165, 1.54) is 6.42 Å². The highest BCUT2D eigenvalue weighted by Gasteiger charge is 2.56. The molecular weight excluding hydrogens is 192 g/mol. The second-order valence-corrected chi connectivity index (χ2v) is 5.69. The first kappa shape index (κ1) is 10.7. The van der Waals surface area contributed by atoms with Gasteiger partial charge in [-0.1, -0.05) is 0 Å². The largest absolute Gasteiger partial charge is 0.444 e. The van der Waals surface area contributed by atoms with Gasteiger partial charge in [-0.15, -0.1) is 0 Å². The standard InChI is InChI=1S/C11H20N2O2/c1-10(2,3)15-9(14)13-8-6-11(8)4-5-12-7-11/h8,12H,4-7H2,1-3H3,(H,13,14)/t8?,11-/m0/s1. The average Bonchev–Trinajstić information content (AvgIpc) is 2.54. The Morgan fingerprint density at radius 3 is 2.80 bits per heavy atom. The van der Waals surface area contributed by atoms with Crippen molar-refractivity contribution >= 4 is 6.09 Å². The first-order chi connectivity index (χ1) is 6.91. The van der Waals surface area contributed by atoms with Gasteiger partial charge in [-0.05, 0) is 40.2 Å². The Labute approximate surface area is 90.8 Å². The van der Waals surface area contributed by atoms with E-state index >= 15 is 0 Å². The lowest BCUT2D eigenvalue weighted by Crippen LogP contribution is -2.36. The summed E-state index contributed by atoms with van der Waals surface area (Å²) in [4.78, 5) is 11.5. The van der Waals surface area contributed by atoms with E-state index in [1.807, 2.05) is 20.8 Å². The minimum Gasteiger partial charge on any atom is -0.444 e. The lowest BCUT2D eigenvalue weighted by atomic mass is 10.1. The molecule has 0 aromatic heterocycles. The van der Waals surface area contributed by atoms with Crippen LogP contribution < -0.4 is 10.6 Å². The molecule has 1 spiro atoms. The summed E-state index contributed by atoms with van der Waals surface area (Å²) in [6.07, 6.45) is 1.99. The number of amides is 1. The van der Waals surface area contributed by atoms with Gasteiger partial charge in [-0.25, -0.2) is 4.79 Å². The molecule has 1 saturated carbocycles. The lowest BCUT2D eigenvalue weighted by Gasteiger charge is -2.20. The molecule has 2 atom stereocenters. The van der Waals surface area contributed by atoms with Crippen LogP contribution in [0.1, 0.15) is 33.6 Å². The molecular formula is C11H20N2O2. The quantitative estimate of drug-likeness (QED) is 0.688. The zero-order chi connectivity index (χ0) is 11.1. The number of rotatable bonds is 1. The van der Waals surface area contributed by atoms with E-state index in [1.54, 1.807) is 0 Å². The van der Waals surface area contributed by atoms with Gasteiger partial charge >= 0.3 is 6.09 Å². The van der Waals surface area contributed by atoms with Gasteiger partial charge < -0.3 is 15.4 Å². The van der Waals surface area contributed by atoms with Crippen molar-refractivity contribution in [3.63, 3.8) is 0 Å². The molecule has 0 bridgehead atoms. The van der Waals surface area contributed by atoms with Crippen LogP contribution in [0, 0.1) is 5.41 Å². The van der Waals surface area contributed by atoms with Crippen LogP contribution in [0.15, 0.2) is 0 Å². The SMILES string of the molecule is CC(C)(C)OC(=O)NC1C[C@]12CCNC2. The predicted octanol–water partition coefficient (Wildman–Crippen LogP) is 1.26. The molecule has 0 aromatic carbocycles. The molecule has 2 rings (SSSR count). The van der Waals surface area contributed by atoms with Crippen LogP contribution in [0.4, 0.5) is 4.79 Å². The van der Waals surface area contributed by atoms with Crippen LogP contribution in [0.5, 0.6) is 0 Å². The van der Waals surface area contributed by atoms with Crippen molar-refractivity contribution in [1.29, 1.82) is 0 Å². The second kappa shape index (κ2) is 3.37. The third kappa shape index (κ3) is 2.43. The fourth-order valence-electron chi connectivity index (χ4n) is 2.24. The minimum atomic E-state index is -0.403. The Kier molecular flexibility index (Phi) is 2.41. The van der Waals surface area contributed by atoms with Gasteiger partial charge in [-0.3, -0.25) is 0 Å². The first-order valence-corrected chi connectivity index (χ1v) is 5.62. The van der Waals surface area contributed by atoms with E-state index in [-0.39, 0.29) is 6.09 Å². The zero-order valence-electron chi connectivity index (χ0n) is 9.72. The number of hydrogen-bond donors (Lipinski definition) is 2. The molecule has 1 amide bonds. The van der Waals surface area contributed by atoms with Crippen LogP contribution >= 0.6 is 0 Å². The van der Waals surface area contributed by atoms with E-state index in [4.69, 9.17) is 4.74 Å². The van der Waals surface area contributed by atoms with Crippen molar-refractivity contribution in [3.8, 4) is 0 Å². The fourth-order valence-corrected chi connectivity index (χ4v) is 2.24. The number of nitrogens with one attached hydrogen (secondary N) is 2. The summed E-state index contributed by atoms with van der Waals surface area (Å²) in [5.41, 5.74) is -0.0586. The summed E-state index contributed by atoms with van der Waals surface area (Å²) in [6, 6.07) is 0.322. The predicted molar refractivity (Wildman–Crippen MR) is 57.7 cm³/mol. The number of hydrogen-bond acceptors (Lipinski definition) is 3. The number of carbonyl (C=O) groups is 1. The third-order valence-electron chi connectivity index (χ3n) is 3.16. The maximum Gasteiger partial charge on any atom is 0.407 e. The van der Waals surface area contributed by atoms with E-state index in [9.17, 15) is 4.79 Å². The maximum atomic E-state index is 11.5. The van der Waals surface area contributed by atoms with Crippen LogP contribution in [-0.4, -0.2) is 30.8 Å². The number of alkyl carbamates (subject to hydrolysis) is 1. The first-order valence-electron chi connectivity index (χ1n) is 5.62. The van der Waals surface area contributed by atoms with Crippen molar-refractivity contribution < 1.29 is 9.53 Å². The molecule has 1 saturated heterocycles. The number of ether oxygens (including phenoxy) is 1. The van der Waals surface area contributed by atoms with Crippen molar-refractivity contribution in [2.75, 3.05) is 13.1 Å². The van der Waals surface area contributed by atoms with Crippen molar-refractivity contribution in [1.82, 2.24) is 10.6 Å². The van der Waals surface area contributed by atoms with Crippen LogP contribution in [0.2, 0.25) is 0 Å². The monoisotopic (exact) mass is 212 g/mol. The fraction of sp³-hybridized carbons (Fsp3) is 0.909. The normalized spacial score (nSPS) is 34.2. The Bertz CT molecular complexity index is 264. The Hall–Kier alpha value is -0.770. The third-order valence-corrected chi connectivity index (χ3v) is 3.16. The summed E-state index contributed by atoms with van der Waals surface area (Å²) in [5, 5.41) is 6.28. The van der Waals surface area contributed by atoms with Crippen LogP contribution in [0.25, 0.3) is 0 Å². The van der Waals surface area contributed by atoms with Gasteiger partial charge in [0.25, 0.3) is 0 Å². The van der Waals surface area contributed by atoms with Gasteiger partial charge in [0, 0.05) is 18.0 Å². The summed E-state index contributed by atoms with van der Waals surface area (Å²) >= 11 is 0. The Morgan fingerprint density at radius 1 is 1.53 bits per heavy atom. The smallest absolute Gasteiger partial charge is 0.407 e. The molecule has 15 heavy (non-hydrogen) atoms. The molecule has 1 heterocycles. The molecule has 0 radical (unpaired) electrons. The van der Waals surface area contributed by atoms with E-state index in [0.29, 0.717) is 11.5 Å². The summed E-state index contributed by atoms with van der Waals surface area (Å²) in [5.74, 6) is 0. The highest BCUT2D eigenvalue weighted by Crippen LogP contribution is 2.50. The van der Waals surface area contributed by atoms with Gasteiger partial charge in [0.2, 0.25) is 0 Å². The summed E-state index contributed by atoms with van der Waals surface area (Å²) in [7, 11) is 0. The van der Waals surface area contributed by atoms with Crippen molar-refractivity contribution in [3.05, 3.63) is 0 Å². The summed E-state index contributed by atoms with van der Waals surface area (Å²) < 4.78 is 5.22. The molecule has 1 aliphatic carbocycles. The van der Waals surface area contributed by atoms with E-state index in [0.717, 1.165) is 19.5 Å². The van der Waals surface area contributed by atoms with Crippen molar-refractivity contribution in [2.45, 2.75) is 45.3 Å². The topological polar surface area (TPSA) is 50.4 Å². The van der Waals surface area contributed by atoms with Gasteiger partial charge in [0.15, 0.2) is 0 Å². The van der Waals surface area contributed by atoms with E-state index < -0.39 is 5.60 Å². The molecule has 2 fully saturated rings.